The van der Waals surface area contributed by atoms with E-state index in [1.54, 1.807) is 6.92 Å². The van der Waals surface area contributed by atoms with Gasteiger partial charge in [-0.2, -0.15) is 0 Å². The van der Waals surface area contributed by atoms with Crippen LogP contribution in [-0.2, 0) is 0 Å². The second-order valence-electron chi connectivity index (χ2n) is 4.38. The molecule has 3 N–H and O–H groups in total. The van der Waals surface area contributed by atoms with Crippen LogP contribution in [0.25, 0.3) is 0 Å². The minimum absolute atomic E-state index is 0.152. The van der Waals surface area contributed by atoms with Crippen LogP contribution in [0.5, 0.6) is 0 Å². The Morgan fingerprint density at radius 1 is 1.23 bits per heavy atom. The van der Waals surface area contributed by atoms with Crippen LogP contribution in [0.15, 0.2) is 0 Å². The number of rotatable bonds is 6. The van der Waals surface area contributed by atoms with Gasteiger partial charge in [0.1, 0.15) is 0 Å². The SMILES string of the molecule is CC(C)[C@@H](CO)CC[C@](C)(O)CO. The van der Waals surface area contributed by atoms with E-state index in [2.05, 4.69) is 13.8 Å². The maximum Gasteiger partial charge on any atom is 0.0849 e. The molecule has 0 fully saturated rings. The van der Waals surface area contributed by atoms with E-state index in [-0.39, 0.29) is 19.1 Å². The van der Waals surface area contributed by atoms with Crippen molar-refractivity contribution in [3.05, 3.63) is 0 Å². The Morgan fingerprint density at radius 2 is 1.77 bits per heavy atom. The summed E-state index contributed by atoms with van der Waals surface area (Å²) in [5.74, 6) is 0.637. The average Bonchev–Trinajstić information content (AvgIpc) is 2.05. The average molecular weight is 190 g/mol. The van der Waals surface area contributed by atoms with E-state index >= 15 is 0 Å². The molecule has 0 aromatic rings. The van der Waals surface area contributed by atoms with Gasteiger partial charge in [0.25, 0.3) is 0 Å². The molecule has 0 heterocycles. The molecule has 0 rings (SSSR count). The van der Waals surface area contributed by atoms with Gasteiger partial charge in [-0.25, -0.2) is 0 Å². The van der Waals surface area contributed by atoms with Gasteiger partial charge in [0.2, 0.25) is 0 Å². The first-order valence-electron chi connectivity index (χ1n) is 4.87. The Morgan fingerprint density at radius 3 is 2.08 bits per heavy atom. The molecular formula is C10H22O3. The molecule has 0 unspecified atom stereocenters. The summed E-state index contributed by atoms with van der Waals surface area (Å²) in [6.07, 6.45) is 1.29. The van der Waals surface area contributed by atoms with Gasteiger partial charge in [0.05, 0.1) is 12.2 Å². The summed E-state index contributed by atoms with van der Waals surface area (Å²) in [4.78, 5) is 0. The molecule has 0 saturated carbocycles. The van der Waals surface area contributed by atoms with Crippen molar-refractivity contribution < 1.29 is 15.3 Å². The fourth-order valence-electron chi connectivity index (χ4n) is 1.21. The van der Waals surface area contributed by atoms with Crippen molar-refractivity contribution in [2.45, 2.75) is 39.2 Å². The van der Waals surface area contributed by atoms with Gasteiger partial charge >= 0.3 is 0 Å². The highest BCUT2D eigenvalue weighted by molar-refractivity contribution is 4.73. The fourth-order valence-corrected chi connectivity index (χ4v) is 1.21. The summed E-state index contributed by atoms with van der Waals surface area (Å²) < 4.78 is 0. The lowest BCUT2D eigenvalue weighted by Crippen LogP contribution is -2.30. The Labute approximate surface area is 80.4 Å². The molecule has 0 aliphatic carbocycles. The quantitative estimate of drug-likeness (QED) is 0.580. The number of hydrogen-bond donors (Lipinski definition) is 3. The van der Waals surface area contributed by atoms with Crippen LogP contribution in [-0.4, -0.2) is 34.1 Å². The summed E-state index contributed by atoms with van der Waals surface area (Å²) >= 11 is 0. The number of aliphatic hydroxyl groups excluding tert-OH is 2. The maximum absolute atomic E-state index is 9.52. The van der Waals surface area contributed by atoms with E-state index in [0.717, 1.165) is 6.42 Å². The monoisotopic (exact) mass is 190 g/mol. The van der Waals surface area contributed by atoms with Crippen LogP contribution < -0.4 is 0 Å². The minimum Gasteiger partial charge on any atom is -0.396 e. The molecule has 0 bridgehead atoms. The molecule has 0 aliphatic rings. The third-order valence-corrected chi connectivity index (χ3v) is 2.57. The molecule has 0 spiro atoms. The Bertz CT molecular complexity index is 132. The van der Waals surface area contributed by atoms with Crippen LogP contribution in [0, 0.1) is 11.8 Å². The van der Waals surface area contributed by atoms with Crippen LogP contribution in [0.2, 0.25) is 0 Å². The van der Waals surface area contributed by atoms with Crippen LogP contribution in [0.3, 0.4) is 0 Å². The van der Waals surface area contributed by atoms with Gasteiger partial charge < -0.3 is 15.3 Å². The van der Waals surface area contributed by atoms with Gasteiger partial charge in [-0.3, -0.25) is 0 Å². The zero-order chi connectivity index (χ0) is 10.5. The second kappa shape index (κ2) is 5.58. The minimum atomic E-state index is -0.998. The first kappa shape index (κ1) is 12.9. The Hall–Kier alpha value is -0.120. The molecule has 13 heavy (non-hydrogen) atoms. The lowest BCUT2D eigenvalue weighted by atomic mass is 9.88. The highest BCUT2D eigenvalue weighted by Gasteiger charge is 2.22. The second-order valence-corrected chi connectivity index (χ2v) is 4.38. The molecular weight excluding hydrogens is 168 g/mol. The van der Waals surface area contributed by atoms with Crippen molar-refractivity contribution in [3.8, 4) is 0 Å². The van der Waals surface area contributed by atoms with E-state index in [1.807, 2.05) is 0 Å². The zero-order valence-electron chi connectivity index (χ0n) is 8.82. The molecule has 0 aromatic heterocycles. The molecule has 0 radical (unpaired) electrons. The molecule has 3 nitrogen and oxygen atoms in total. The molecule has 0 saturated heterocycles. The van der Waals surface area contributed by atoms with Crippen LogP contribution in [0.4, 0.5) is 0 Å². The van der Waals surface area contributed by atoms with Crippen molar-refractivity contribution in [2.75, 3.05) is 13.2 Å². The van der Waals surface area contributed by atoms with E-state index in [4.69, 9.17) is 10.2 Å². The number of hydrogen-bond acceptors (Lipinski definition) is 3. The fraction of sp³-hybridized carbons (Fsp3) is 1.00. The highest BCUT2D eigenvalue weighted by atomic mass is 16.3. The Kier molecular flexibility index (Phi) is 5.53. The van der Waals surface area contributed by atoms with Crippen molar-refractivity contribution in [3.63, 3.8) is 0 Å². The number of aliphatic hydroxyl groups is 3. The van der Waals surface area contributed by atoms with Crippen molar-refractivity contribution in [2.24, 2.45) is 11.8 Å². The molecule has 2 atom stereocenters. The predicted molar refractivity (Wildman–Crippen MR) is 52.4 cm³/mol. The predicted octanol–water partition coefficient (Wildman–Crippen LogP) is 0.774. The van der Waals surface area contributed by atoms with Crippen molar-refractivity contribution in [1.82, 2.24) is 0 Å². The topological polar surface area (TPSA) is 60.7 Å². The van der Waals surface area contributed by atoms with E-state index in [9.17, 15) is 5.11 Å². The zero-order valence-corrected chi connectivity index (χ0v) is 8.82. The van der Waals surface area contributed by atoms with Gasteiger partial charge in [-0.05, 0) is 31.6 Å². The van der Waals surface area contributed by atoms with Crippen molar-refractivity contribution in [1.29, 1.82) is 0 Å². The Balaban J connectivity index is 3.85. The van der Waals surface area contributed by atoms with Crippen molar-refractivity contribution >= 4 is 0 Å². The smallest absolute Gasteiger partial charge is 0.0849 e. The third-order valence-electron chi connectivity index (χ3n) is 2.57. The lowest BCUT2D eigenvalue weighted by molar-refractivity contribution is -0.0133. The summed E-state index contributed by atoms with van der Waals surface area (Å²) in [5.41, 5.74) is -0.998. The van der Waals surface area contributed by atoms with E-state index in [1.165, 1.54) is 0 Å². The lowest BCUT2D eigenvalue weighted by Gasteiger charge is -2.24. The summed E-state index contributed by atoms with van der Waals surface area (Å²) in [5, 5.41) is 27.3. The molecule has 0 aliphatic heterocycles. The van der Waals surface area contributed by atoms with E-state index < -0.39 is 5.60 Å². The van der Waals surface area contributed by atoms with Gasteiger partial charge in [-0.1, -0.05) is 13.8 Å². The first-order chi connectivity index (χ1) is 5.93. The summed E-state index contributed by atoms with van der Waals surface area (Å²) in [7, 11) is 0. The molecule has 0 amide bonds. The van der Waals surface area contributed by atoms with Gasteiger partial charge in [0, 0.05) is 6.61 Å². The third kappa shape index (κ3) is 5.24. The maximum atomic E-state index is 9.52. The molecule has 0 aromatic carbocycles. The summed E-state index contributed by atoms with van der Waals surface area (Å²) in [6, 6.07) is 0. The highest BCUT2D eigenvalue weighted by Crippen LogP contribution is 2.21. The van der Waals surface area contributed by atoms with Crippen LogP contribution in [0.1, 0.15) is 33.6 Å². The van der Waals surface area contributed by atoms with Gasteiger partial charge in [0.15, 0.2) is 0 Å². The van der Waals surface area contributed by atoms with E-state index in [0.29, 0.717) is 12.3 Å². The normalized spacial score (nSPS) is 18.7. The standard InChI is InChI=1S/C10H22O3/c1-8(2)9(6-11)4-5-10(3,13)7-12/h8-9,11-13H,4-7H2,1-3H3/t9-,10+/m1/s1. The van der Waals surface area contributed by atoms with Crippen LogP contribution >= 0.6 is 0 Å². The largest absolute Gasteiger partial charge is 0.396 e. The molecule has 80 valence electrons. The van der Waals surface area contributed by atoms with Gasteiger partial charge in [-0.15, -0.1) is 0 Å². The summed E-state index contributed by atoms with van der Waals surface area (Å²) in [6.45, 7) is 5.65. The molecule has 3 heteroatoms. The first-order valence-corrected chi connectivity index (χ1v) is 4.87.